The van der Waals surface area contributed by atoms with Gasteiger partial charge >= 0.3 is 0 Å². The number of carbonyl (C=O) groups excluding carboxylic acids is 1. The summed E-state index contributed by atoms with van der Waals surface area (Å²) in [5.41, 5.74) is 0.512. The minimum Gasteiger partial charge on any atom is -0.493 e. The monoisotopic (exact) mass is 434 g/mol. The molecule has 0 N–H and O–H groups in total. The van der Waals surface area contributed by atoms with Gasteiger partial charge in [0.05, 0.1) is 12.1 Å². The zero-order chi connectivity index (χ0) is 20.6. The number of para-hydroxylation sites is 1. The van der Waals surface area contributed by atoms with Crippen molar-refractivity contribution >= 4 is 38.5 Å². The van der Waals surface area contributed by atoms with Crippen LogP contribution in [0.2, 0.25) is 5.02 Å². The van der Waals surface area contributed by atoms with Crippen molar-refractivity contribution in [2.24, 2.45) is 0 Å². The van der Waals surface area contributed by atoms with E-state index in [2.05, 4.69) is 0 Å². The van der Waals surface area contributed by atoms with Crippen LogP contribution in [0, 0.1) is 0 Å². The summed E-state index contributed by atoms with van der Waals surface area (Å²) < 4.78 is 38.0. The molecule has 1 amide bonds. The number of amides is 1. The maximum atomic E-state index is 12.9. The first kappa shape index (κ1) is 19.8. The van der Waals surface area contributed by atoms with E-state index in [1.54, 1.807) is 35.2 Å². The smallest absolute Gasteiger partial charge is 0.289 e. The number of benzene rings is 2. The van der Waals surface area contributed by atoms with Gasteiger partial charge in [-0.1, -0.05) is 35.9 Å². The van der Waals surface area contributed by atoms with E-state index in [0.29, 0.717) is 11.3 Å². The van der Waals surface area contributed by atoms with E-state index in [-0.39, 0.29) is 47.8 Å². The quantitative estimate of drug-likeness (QED) is 0.629. The Morgan fingerprint density at radius 2 is 1.79 bits per heavy atom. The van der Waals surface area contributed by atoms with E-state index in [1.165, 1.54) is 17.5 Å². The lowest BCUT2D eigenvalue weighted by atomic mass is 10.2. The van der Waals surface area contributed by atoms with Gasteiger partial charge in [-0.15, -0.1) is 0 Å². The Hall–Kier alpha value is -2.55. The largest absolute Gasteiger partial charge is 0.493 e. The molecule has 1 fully saturated rings. The molecule has 152 valence electrons. The second-order valence-electron chi connectivity index (χ2n) is 6.62. The molecule has 0 spiro atoms. The highest BCUT2D eigenvalue weighted by molar-refractivity contribution is 7.89. The fourth-order valence-corrected chi connectivity index (χ4v) is 5.30. The molecular weight excluding hydrogens is 416 g/mol. The van der Waals surface area contributed by atoms with Crippen molar-refractivity contribution in [2.45, 2.75) is 4.90 Å². The molecule has 0 aliphatic carbocycles. The summed E-state index contributed by atoms with van der Waals surface area (Å²) in [5, 5.41) is 0.954. The van der Waals surface area contributed by atoms with Crippen molar-refractivity contribution in [3.05, 3.63) is 59.3 Å². The molecule has 29 heavy (non-hydrogen) atoms. The molecule has 0 radical (unpaired) electrons. The molecule has 2 aromatic carbocycles. The van der Waals surface area contributed by atoms with Crippen LogP contribution in [0.1, 0.15) is 10.6 Å². The molecule has 1 aliphatic rings. The summed E-state index contributed by atoms with van der Waals surface area (Å²) in [6, 6.07) is 13.4. The number of halogens is 1. The highest BCUT2D eigenvalue weighted by atomic mass is 35.5. The van der Waals surface area contributed by atoms with E-state index in [0.717, 1.165) is 5.39 Å². The van der Waals surface area contributed by atoms with Crippen LogP contribution in [-0.4, -0.2) is 56.8 Å². The molecule has 7 nitrogen and oxygen atoms in total. The van der Waals surface area contributed by atoms with Crippen LogP contribution >= 0.6 is 11.6 Å². The Morgan fingerprint density at radius 3 is 2.48 bits per heavy atom. The first-order valence-electron chi connectivity index (χ1n) is 9.02. The fourth-order valence-electron chi connectivity index (χ4n) is 3.38. The first-order chi connectivity index (χ1) is 13.9. The molecule has 0 unspecified atom stereocenters. The van der Waals surface area contributed by atoms with Crippen LogP contribution in [0.15, 0.2) is 57.8 Å². The van der Waals surface area contributed by atoms with Gasteiger partial charge < -0.3 is 14.1 Å². The maximum absolute atomic E-state index is 12.9. The summed E-state index contributed by atoms with van der Waals surface area (Å²) >= 11 is 6.06. The van der Waals surface area contributed by atoms with Crippen molar-refractivity contribution in [1.82, 2.24) is 9.21 Å². The summed E-state index contributed by atoms with van der Waals surface area (Å²) in [4.78, 5) is 14.5. The number of fused-ring (bicyclic) bond motifs is 1. The molecule has 3 aromatic rings. The third kappa shape index (κ3) is 3.59. The second kappa shape index (κ2) is 7.70. The molecule has 9 heteroatoms. The minimum absolute atomic E-state index is 0.0748. The highest BCUT2D eigenvalue weighted by Crippen LogP contribution is 2.30. The van der Waals surface area contributed by atoms with Crippen molar-refractivity contribution < 1.29 is 22.4 Å². The number of piperazine rings is 1. The number of methoxy groups -OCH3 is 1. The van der Waals surface area contributed by atoms with Crippen molar-refractivity contribution in [1.29, 1.82) is 0 Å². The number of furan rings is 1. The van der Waals surface area contributed by atoms with E-state index in [4.69, 9.17) is 20.8 Å². The summed E-state index contributed by atoms with van der Waals surface area (Å²) in [6.07, 6.45) is 0. The highest BCUT2D eigenvalue weighted by Gasteiger charge is 2.32. The van der Waals surface area contributed by atoms with Crippen LogP contribution in [0.4, 0.5) is 0 Å². The van der Waals surface area contributed by atoms with Crippen molar-refractivity contribution in [3.63, 3.8) is 0 Å². The maximum Gasteiger partial charge on any atom is 0.289 e. The molecular formula is C20H19ClN2O5S. The minimum atomic E-state index is -3.71. The number of ether oxygens (including phenoxy) is 1. The van der Waals surface area contributed by atoms with Crippen molar-refractivity contribution in [2.75, 3.05) is 33.3 Å². The van der Waals surface area contributed by atoms with E-state index in [1.807, 2.05) is 12.1 Å². The normalized spacial score (nSPS) is 15.6. The van der Waals surface area contributed by atoms with Gasteiger partial charge in [0.1, 0.15) is 4.90 Å². The van der Waals surface area contributed by atoms with E-state index in [9.17, 15) is 13.2 Å². The third-order valence-corrected chi connectivity index (χ3v) is 7.32. The van der Waals surface area contributed by atoms with Gasteiger partial charge in [-0.25, -0.2) is 8.42 Å². The second-order valence-corrected chi connectivity index (χ2v) is 8.93. The first-order valence-corrected chi connectivity index (χ1v) is 10.8. The predicted molar refractivity (Wildman–Crippen MR) is 109 cm³/mol. The SMILES string of the molecule is COc1cccc2cc(C(=O)N3CCN(S(=O)(=O)c4ccccc4Cl)CC3)oc12. The van der Waals surface area contributed by atoms with Gasteiger partial charge in [0, 0.05) is 31.6 Å². The zero-order valence-corrected chi connectivity index (χ0v) is 17.2. The lowest BCUT2D eigenvalue weighted by Crippen LogP contribution is -2.50. The van der Waals surface area contributed by atoms with Gasteiger partial charge in [0.25, 0.3) is 5.91 Å². The summed E-state index contributed by atoms with van der Waals surface area (Å²) in [6.45, 7) is 0.888. The number of hydrogen-bond acceptors (Lipinski definition) is 5. The van der Waals surface area contributed by atoms with Crippen LogP contribution in [-0.2, 0) is 10.0 Å². The Balaban J connectivity index is 1.50. The van der Waals surface area contributed by atoms with Crippen LogP contribution in [0.25, 0.3) is 11.0 Å². The fraction of sp³-hybridized carbons (Fsp3) is 0.250. The Kier molecular flexibility index (Phi) is 5.24. The molecule has 1 saturated heterocycles. The summed E-state index contributed by atoms with van der Waals surface area (Å²) in [5.74, 6) is 0.474. The van der Waals surface area contributed by atoms with Gasteiger partial charge in [-0.2, -0.15) is 4.31 Å². The summed E-state index contributed by atoms with van der Waals surface area (Å²) in [7, 11) is -2.17. The standard InChI is InChI=1S/C20H19ClN2O5S/c1-27-16-7-4-5-14-13-17(28-19(14)16)20(24)22-9-11-23(12-10-22)29(25,26)18-8-3-2-6-15(18)21/h2-8,13H,9-12H2,1H3. The average Bonchev–Trinajstić information content (AvgIpc) is 3.18. The van der Waals surface area contributed by atoms with Gasteiger partial charge in [0.2, 0.25) is 10.0 Å². The molecule has 0 saturated carbocycles. The van der Waals surface area contributed by atoms with Crippen LogP contribution in [0.5, 0.6) is 5.75 Å². The molecule has 0 atom stereocenters. The van der Waals surface area contributed by atoms with Crippen LogP contribution in [0.3, 0.4) is 0 Å². The molecule has 0 bridgehead atoms. The average molecular weight is 435 g/mol. The van der Waals surface area contributed by atoms with Gasteiger partial charge in [-0.3, -0.25) is 4.79 Å². The van der Waals surface area contributed by atoms with Crippen molar-refractivity contribution in [3.8, 4) is 5.75 Å². The Morgan fingerprint density at radius 1 is 1.07 bits per heavy atom. The lowest BCUT2D eigenvalue weighted by molar-refractivity contribution is 0.0668. The molecule has 1 aromatic heterocycles. The Bertz CT molecular complexity index is 1170. The van der Waals surface area contributed by atoms with E-state index < -0.39 is 10.0 Å². The number of sulfonamides is 1. The van der Waals surface area contributed by atoms with Crippen LogP contribution < -0.4 is 4.74 Å². The Labute approximate surface area is 173 Å². The predicted octanol–water partition coefficient (Wildman–Crippen LogP) is 3.24. The number of nitrogens with zero attached hydrogens (tertiary/aromatic N) is 2. The third-order valence-electron chi connectivity index (χ3n) is 4.92. The molecule has 4 rings (SSSR count). The number of rotatable bonds is 4. The van der Waals surface area contributed by atoms with Gasteiger partial charge in [0.15, 0.2) is 17.1 Å². The lowest BCUT2D eigenvalue weighted by Gasteiger charge is -2.33. The van der Waals surface area contributed by atoms with E-state index >= 15 is 0 Å². The number of carbonyl (C=O) groups is 1. The van der Waals surface area contributed by atoms with Gasteiger partial charge in [-0.05, 0) is 24.3 Å². The topological polar surface area (TPSA) is 80.1 Å². The molecule has 1 aliphatic heterocycles. The number of hydrogen-bond donors (Lipinski definition) is 0. The zero-order valence-electron chi connectivity index (χ0n) is 15.7. The molecule has 2 heterocycles.